The molecule has 0 radical (unpaired) electrons. The lowest BCUT2D eigenvalue weighted by molar-refractivity contribution is -0.759. The maximum atomic E-state index is 10.9. The van der Waals surface area contributed by atoms with Crippen molar-refractivity contribution < 1.29 is 14.1 Å². The molecular formula is C12H19N5O2S. The van der Waals surface area contributed by atoms with Gasteiger partial charge in [0.2, 0.25) is 5.27 Å². The maximum Gasteiger partial charge on any atom is 0.323 e. The Morgan fingerprint density at radius 1 is 1.50 bits per heavy atom. The molecule has 0 bridgehead atoms. The van der Waals surface area contributed by atoms with Crippen LogP contribution in [-0.2, 0) is 17.4 Å². The summed E-state index contributed by atoms with van der Waals surface area (Å²) in [5, 5.41) is 6.34. The van der Waals surface area contributed by atoms with Gasteiger partial charge in [-0.05, 0) is 13.5 Å². The van der Waals surface area contributed by atoms with E-state index in [0.717, 1.165) is 32.7 Å². The second-order valence-electron chi connectivity index (χ2n) is 4.73. The van der Waals surface area contributed by atoms with Crippen molar-refractivity contribution in [1.82, 2.24) is 10.2 Å². The van der Waals surface area contributed by atoms with Crippen LogP contribution in [0.2, 0.25) is 0 Å². The van der Waals surface area contributed by atoms with Crippen LogP contribution in [0.25, 0.3) is 0 Å². The van der Waals surface area contributed by atoms with E-state index in [1.165, 1.54) is 6.92 Å². The van der Waals surface area contributed by atoms with Crippen LogP contribution in [0, 0.1) is 0 Å². The van der Waals surface area contributed by atoms with Gasteiger partial charge in [0.25, 0.3) is 6.20 Å². The fourth-order valence-electron chi connectivity index (χ4n) is 2.05. The van der Waals surface area contributed by atoms with E-state index in [-0.39, 0.29) is 12.2 Å². The van der Waals surface area contributed by atoms with Gasteiger partial charge in [0, 0.05) is 19.5 Å². The number of nitrogens with zero attached hydrogens (tertiary/aromatic N) is 5. The Kier molecular flexibility index (Phi) is 5.02. The molecule has 7 nitrogen and oxygen atoms in total. The highest BCUT2D eigenvalue weighted by molar-refractivity contribution is 7.77. The Morgan fingerprint density at radius 3 is 2.80 bits per heavy atom. The molecule has 1 aromatic heterocycles. The molecule has 2 heterocycles. The molecule has 0 aliphatic carbocycles. The maximum absolute atomic E-state index is 10.9. The van der Waals surface area contributed by atoms with E-state index in [9.17, 15) is 4.79 Å². The fourth-order valence-corrected chi connectivity index (χ4v) is 2.34. The van der Waals surface area contributed by atoms with Gasteiger partial charge in [0.1, 0.15) is 5.78 Å². The molecule has 110 valence electrons. The van der Waals surface area contributed by atoms with Crippen molar-refractivity contribution >= 4 is 29.3 Å². The van der Waals surface area contributed by atoms with E-state index < -0.39 is 0 Å². The minimum Gasteiger partial charge on any atom is -0.764 e. The first-order valence-corrected chi connectivity index (χ1v) is 7.09. The number of hydrogen-bond acceptors (Lipinski definition) is 7. The molecule has 1 aliphatic rings. The summed E-state index contributed by atoms with van der Waals surface area (Å²) in [4.78, 5) is 19.0. The first-order valence-electron chi connectivity index (χ1n) is 6.68. The molecule has 2 rings (SSSR count). The summed E-state index contributed by atoms with van der Waals surface area (Å²) < 4.78 is 5.12. The largest absolute Gasteiger partial charge is 0.764 e. The Labute approximate surface area is 123 Å². The van der Waals surface area contributed by atoms with Gasteiger partial charge in [-0.2, -0.15) is 5.01 Å². The molecule has 0 aromatic carbocycles. The zero-order valence-electron chi connectivity index (χ0n) is 11.8. The molecule has 8 heteroatoms. The Bertz CT molecular complexity index is 494. The van der Waals surface area contributed by atoms with Crippen LogP contribution < -0.4 is 9.80 Å². The van der Waals surface area contributed by atoms with Gasteiger partial charge in [-0.3, -0.25) is 14.2 Å². The molecule has 0 N–H and O–H groups in total. The number of piperazine rings is 1. The third-order valence-corrected chi connectivity index (χ3v) is 3.40. The van der Waals surface area contributed by atoms with E-state index in [0.29, 0.717) is 10.9 Å². The Balaban J connectivity index is 1.97. The number of aromatic nitrogens is 2. The van der Waals surface area contributed by atoms with E-state index in [2.05, 4.69) is 27.1 Å². The molecule has 1 saturated heterocycles. The van der Waals surface area contributed by atoms with Crippen molar-refractivity contribution in [3.63, 3.8) is 0 Å². The molecule has 20 heavy (non-hydrogen) atoms. The lowest BCUT2D eigenvalue weighted by Crippen LogP contribution is -2.65. The number of Topliss-reactive ketones (excluding diaryl/α,β-unsaturated/α-hetero) is 1. The number of ketones is 1. The Hall–Kier alpha value is -1.54. The fraction of sp³-hybridized carbons (Fsp3) is 0.667. The van der Waals surface area contributed by atoms with Gasteiger partial charge in [-0.25, -0.2) is 4.99 Å². The van der Waals surface area contributed by atoms with Gasteiger partial charge < -0.3 is 12.6 Å². The second kappa shape index (κ2) is 6.76. The molecule has 0 spiro atoms. The number of carbonyl (C=O) groups excluding carboxylic acids is 1. The molecular weight excluding hydrogens is 278 g/mol. The number of carbonyl (C=O) groups is 1. The zero-order chi connectivity index (χ0) is 14.5. The van der Waals surface area contributed by atoms with Gasteiger partial charge in [0.05, 0.1) is 17.9 Å². The third kappa shape index (κ3) is 3.97. The van der Waals surface area contributed by atoms with Crippen LogP contribution in [0.3, 0.4) is 0 Å². The van der Waals surface area contributed by atoms with Crippen LogP contribution in [0.1, 0.15) is 20.3 Å². The zero-order valence-corrected chi connectivity index (χ0v) is 12.6. The smallest absolute Gasteiger partial charge is 0.323 e. The topological polar surface area (TPSA) is 65.8 Å². The minimum absolute atomic E-state index is 0.0122. The summed E-state index contributed by atoms with van der Waals surface area (Å²) in [6.07, 6.45) is 1.85. The molecule has 0 atom stereocenters. The Morgan fingerprint density at radius 2 is 2.20 bits per heavy atom. The predicted octanol–water partition coefficient (Wildman–Crippen LogP) is -0.208. The predicted molar refractivity (Wildman–Crippen MR) is 76.5 cm³/mol. The van der Waals surface area contributed by atoms with E-state index in [1.807, 2.05) is 0 Å². The summed E-state index contributed by atoms with van der Waals surface area (Å²) in [5.41, 5.74) is 0. The van der Waals surface area contributed by atoms with Crippen LogP contribution in [0.5, 0.6) is 0 Å². The van der Waals surface area contributed by atoms with Crippen molar-refractivity contribution in [3.05, 3.63) is 6.20 Å². The van der Waals surface area contributed by atoms with Gasteiger partial charge >= 0.3 is 5.88 Å². The highest BCUT2D eigenvalue weighted by Crippen LogP contribution is 2.08. The summed E-state index contributed by atoms with van der Waals surface area (Å²) in [7, 11) is 0. The van der Waals surface area contributed by atoms with E-state index in [4.69, 9.17) is 17.2 Å². The average molecular weight is 297 g/mol. The number of likely N-dealkylation sites (N-methyl/N-ethyl adjacent to an activating group) is 1. The first-order chi connectivity index (χ1) is 9.58. The van der Waals surface area contributed by atoms with Crippen molar-refractivity contribution in [3.8, 4) is 0 Å². The van der Waals surface area contributed by atoms with Crippen LogP contribution >= 0.6 is 0 Å². The standard InChI is InChI=1S/C12H19N5O2S/c1-3-15-4-6-16(7-5-15)17-9-11(19-14-17)13-12(20)8-10(2)18/h9H,3-8H2,1-2H3. The van der Waals surface area contributed by atoms with Crippen LogP contribution in [-0.4, -0.2) is 53.7 Å². The molecule has 1 aromatic rings. The summed E-state index contributed by atoms with van der Waals surface area (Å²) in [6.45, 7) is 8.50. The van der Waals surface area contributed by atoms with E-state index >= 15 is 0 Å². The van der Waals surface area contributed by atoms with E-state index in [1.54, 1.807) is 11.0 Å². The van der Waals surface area contributed by atoms with Crippen molar-refractivity contribution in [2.75, 3.05) is 37.7 Å². The molecule has 1 aliphatic heterocycles. The highest BCUT2D eigenvalue weighted by atomic mass is 32.1. The molecule has 0 amide bonds. The summed E-state index contributed by atoms with van der Waals surface area (Å²) in [5.74, 6) is 0.316. The molecule has 1 fully saturated rings. The lowest BCUT2D eigenvalue weighted by atomic mass is 10.3. The van der Waals surface area contributed by atoms with Crippen LogP contribution in [0.15, 0.2) is 15.7 Å². The summed E-state index contributed by atoms with van der Waals surface area (Å²) in [6, 6.07) is 0. The van der Waals surface area contributed by atoms with Crippen LogP contribution in [0.4, 0.5) is 5.88 Å². The second-order valence-corrected chi connectivity index (χ2v) is 5.20. The average Bonchev–Trinajstić information content (AvgIpc) is 2.86. The van der Waals surface area contributed by atoms with Gasteiger partial charge in [0.15, 0.2) is 0 Å². The quantitative estimate of drug-likeness (QED) is 0.324. The normalized spacial score (nSPS) is 17.5. The van der Waals surface area contributed by atoms with Crippen molar-refractivity contribution in [1.29, 1.82) is 0 Å². The first kappa shape index (κ1) is 14.9. The third-order valence-electron chi connectivity index (χ3n) is 3.16. The summed E-state index contributed by atoms with van der Waals surface area (Å²) >= 11 is 5.00. The molecule has 0 saturated carbocycles. The monoisotopic (exact) mass is 297 g/mol. The SMILES string of the molecule is CCN1CCN([n+]2cc(N=C([S-])CC(C)=O)on2)CC1. The van der Waals surface area contributed by atoms with Crippen molar-refractivity contribution in [2.45, 2.75) is 20.3 Å². The van der Waals surface area contributed by atoms with Crippen molar-refractivity contribution in [2.24, 2.45) is 4.99 Å². The van der Waals surface area contributed by atoms with Gasteiger partial charge in [-0.1, -0.05) is 12.0 Å². The number of rotatable bonds is 5. The number of hydrogen-bond donors (Lipinski definition) is 0. The number of aliphatic imine (C=N–C) groups is 1. The van der Waals surface area contributed by atoms with Gasteiger partial charge in [-0.15, -0.1) is 0 Å². The lowest BCUT2D eigenvalue weighted by Gasteiger charge is -2.28. The molecule has 0 unspecified atom stereocenters. The minimum atomic E-state index is -0.0122. The highest BCUT2D eigenvalue weighted by Gasteiger charge is 2.24.